The largest absolute Gasteiger partial charge is 0.395 e. The molecular formula is C12H13N3O5S. The van der Waals surface area contributed by atoms with E-state index < -0.39 is 16.0 Å². The van der Waals surface area contributed by atoms with Crippen LogP contribution in [0.15, 0.2) is 40.9 Å². The lowest BCUT2D eigenvalue weighted by Crippen LogP contribution is -2.18. The summed E-state index contributed by atoms with van der Waals surface area (Å²) >= 11 is 0. The number of nitrogens with one attached hydrogen (secondary N) is 2. The molecule has 0 spiro atoms. The SMILES string of the molecule is N#C/C(=C/NCCO)C(=O)Nc1ccc(S(=O)(=O)O)cc1. The monoisotopic (exact) mass is 311 g/mol. The molecule has 0 saturated carbocycles. The van der Waals surface area contributed by atoms with Crippen LogP contribution in [0.25, 0.3) is 0 Å². The molecule has 0 unspecified atom stereocenters. The summed E-state index contributed by atoms with van der Waals surface area (Å²) in [4.78, 5) is 11.4. The van der Waals surface area contributed by atoms with Crippen molar-refractivity contribution in [1.82, 2.24) is 5.32 Å². The Labute approximate surface area is 121 Å². The van der Waals surface area contributed by atoms with Crippen LogP contribution < -0.4 is 10.6 Å². The number of carbonyl (C=O) groups is 1. The number of aliphatic hydroxyl groups excluding tert-OH is 1. The van der Waals surface area contributed by atoms with Crippen molar-refractivity contribution in [3.63, 3.8) is 0 Å². The molecule has 112 valence electrons. The molecule has 0 atom stereocenters. The van der Waals surface area contributed by atoms with Crippen molar-refractivity contribution in [2.24, 2.45) is 0 Å². The lowest BCUT2D eigenvalue weighted by Gasteiger charge is -2.05. The van der Waals surface area contributed by atoms with Crippen molar-refractivity contribution in [1.29, 1.82) is 5.26 Å². The molecule has 0 bridgehead atoms. The van der Waals surface area contributed by atoms with Gasteiger partial charge in [0.2, 0.25) is 0 Å². The molecule has 0 aliphatic rings. The van der Waals surface area contributed by atoms with E-state index in [1.54, 1.807) is 6.07 Å². The fourth-order valence-electron chi connectivity index (χ4n) is 1.30. The number of anilines is 1. The van der Waals surface area contributed by atoms with E-state index in [1.165, 1.54) is 12.1 Å². The smallest absolute Gasteiger partial charge is 0.294 e. The summed E-state index contributed by atoms with van der Waals surface area (Å²) in [5, 5.41) is 22.4. The van der Waals surface area contributed by atoms with Gasteiger partial charge in [0.25, 0.3) is 16.0 Å². The molecular weight excluding hydrogens is 298 g/mol. The van der Waals surface area contributed by atoms with E-state index in [1.807, 2.05) is 0 Å². The van der Waals surface area contributed by atoms with E-state index in [4.69, 9.17) is 14.9 Å². The van der Waals surface area contributed by atoms with Gasteiger partial charge in [-0.3, -0.25) is 9.35 Å². The van der Waals surface area contributed by atoms with Gasteiger partial charge in [-0.2, -0.15) is 13.7 Å². The predicted molar refractivity (Wildman–Crippen MR) is 73.7 cm³/mol. The molecule has 0 fully saturated rings. The Kier molecular flexibility index (Phi) is 5.86. The van der Waals surface area contributed by atoms with Crippen molar-refractivity contribution < 1.29 is 22.9 Å². The number of hydrogen-bond donors (Lipinski definition) is 4. The first-order valence-corrected chi connectivity index (χ1v) is 7.16. The van der Waals surface area contributed by atoms with Crippen LogP contribution in [-0.4, -0.2) is 37.1 Å². The van der Waals surface area contributed by atoms with E-state index in [2.05, 4.69) is 10.6 Å². The van der Waals surface area contributed by atoms with E-state index in [-0.39, 0.29) is 29.3 Å². The summed E-state index contributed by atoms with van der Waals surface area (Å²) in [6.07, 6.45) is 1.16. The fourth-order valence-corrected chi connectivity index (χ4v) is 1.78. The van der Waals surface area contributed by atoms with E-state index in [0.717, 1.165) is 18.3 Å². The number of nitrogens with zero attached hydrogens (tertiary/aromatic N) is 1. The Bertz CT molecular complexity index is 674. The maximum atomic E-state index is 11.7. The molecule has 0 aromatic heterocycles. The standard InChI is InChI=1S/C12H13N3O5S/c13-7-9(8-14-5-6-16)12(17)15-10-1-3-11(4-2-10)21(18,19)20/h1-4,8,14,16H,5-6H2,(H,15,17)(H,18,19,20)/b9-8-. The van der Waals surface area contributed by atoms with Crippen molar-refractivity contribution in [3.8, 4) is 6.07 Å². The van der Waals surface area contributed by atoms with Crippen molar-refractivity contribution in [3.05, 3.63) is 36.0 Å². The van der Waals surface area contributed by atoms with E-state index in [9.17, 15) is 13.2 Å². The molecule has 21 heavy (non-hydrogen) atoms. The second-order valence-electron chi connectivity index (χ2n) is 3.80. The summed E-state index contributed by atoms with van der Waals surface area (Å²) in [7, 11) is -4.29. The van der Waals surface area contributed by atoms with Gasteiger partial charge in [0.05, 0.1) is 11.5 Å². The summed E-state index contributed by atoms with van der Waals surface area (Å²) in [6.45, 7) is 0.0510. The highest BCUT2D eigenvalue weighted by Gasteiger charge is 2.11. The Balaban J connectivity index is 2.79. The van der Waals surface area contributed by atoms with Crippen LogP contribution in [0.3, 0.4) is 0 Å². The first-order valence-electron chi connectivity index (χ1n) is 5.72. The Morgan fingerprint density at radius 1 is 1.33 bits per heavy atom. The fraction of sp³-hybridized carbons (Fsp3) is 0.167. The molecule has 1 aromatic carbocycles. The third-order valence-corrected chi connectivity index (χ3v) is 3.15. The number of nitriles is 1. The quantitative estimate of drug-likeness (QED) is 0.248. The van der Waals surface area contributed by atoms with E-state index >= 15 is 0 Å². The number of rotatable bonds is 6. The Morgan fingerprint density at radius 2 is 1.95 bits per heavy atom. The minimum atomic E-state index is -4.29. The first kappa shape index (κ1) is 16.6. The zero-order chi connectivity index (χ0) is 15.9. The molecule has 4 N–H and O–H groups in total. The van der Waals surface area contributed by atoms with Crippen LogP contribution in [0.4, 0.5) is 5.69 Å². The van der Waals surface area contributed by atoms with Crippen LogP contribution in [0.5, 0.6) is 0 Å². The van der Waals surface area contributed by atoms with Crippen LogP contribution >= 0.6 is 0 Å². The highest BCUT2D eigenvalue weighted by Crippen LogP contribution is 2.14. The van der Waals surface area contributed by atoms with Crippen LogP contribution in [0.2, 0.25) is 0 Å². The molecule has 0 saturated heterocycles. The van der Waals surface area contributed by atoms with Gasteiger partial charge in [-0.25, -0.2) is 0 Å². The van der Waals surface area contributed by atoms with E-state index in [0.29, 0.717) is 0 Å². The van der Waals surface area contributed by atoms with Crippen molar-refractivity contribution in [2.45, 2.75) is 4.90 Å². The normalized spacial score (nSPS) is 11.6. The van der Waals surface area contributed by atoms with Crippen LogP contribution in [0.1, 0.15) is 0 Å². The second-order valence-corrected chi connectivity index (χ2v) is 5.22. The summed E-state index contributed by atoms with van der Waals surface area (Å²) in [6, 6.07) is 6.47. The van der Waals surface area contributed by atoms with Crippen LogP contribution in [-0.2, 0) is 14.9 Å². The Hall–Kier alpha value is -2.41. The molecule has 1 amide bonds. The zero-order valence-corrected chi connectivity index (χ0v) is 11.6. The highest BCUT2D eigenvalue weighted by atomic mass is 32.2. The minimum absolute atomic E-state index is 0.145. The molecule has 0 heterocycles. The zero-order valence-electron chi connectivity index (χ0n) is 10.8. The number of hydrogen-bond acceptors (Lipinski definition) is 6. The number of benzene rings is 1. The summed E-state index contributed by atoms with van der Waals surface area (Å²) in [5.41, 5.74) is 0.0537. The molecule has 1 rings (SSSR count). The first-order chi connectivity index (χ1) is 9.88. The minimum Gasteiger partial charge on any atom is -0.395 e. The van der Waals surface area contributed by atoms with Gasteiger partial charge in [-0.05, 0) is 24.3 Å². The number of aliphatic hydroxyl groups is 1. The Morgan fingerprint density at radius 3 is 2.43 bits per heavy atom. The second kappa shape index (κ2) is 7.39. The third-order valence-electron chi connectivity index (χ3n) is 2.28. The third kappa shape index (κ3) is 5.23. The number of amides is 1. The van der Waals surface area contributed by atoms with Gasteiger partial charge in [-0.1, -0.05) is 0 Å². The van der Waals surface area contributed by atoms with Gasteiger partial charge in [-0.15, -0.1) is 0 Å². The van der Waals surface area contributed by atoms with Crippen molar-refractivity contribution in [2.75, 3.05) is 18.5 Å². The summed E-state index contributed by atoms with van der Waals surface area (Å²) < 4.78 is 30.5. The summed E-state index contributed by atoms with van der Waals surface area (Å²) in [5.74, 6) is -0.692. The lowest BCUT2D eigenvalue weighted by molar-refractivity contribution is -0.112. The van der Waals surface area contributed by atoms with Gasteiger partial charge in [0.15, 0.2) is 0 Å². The molecule has 9 heteroatoms. The van der Waals surface area contributed by atoms with Gasteiger partial charge in [0, 0.05) is 18.4 Å². The molecule has 0 aliphatic carbocycles. The van der Waals surface area contributed by atoms with Gasteiger partial charge in [0.1, 0.15) is 11.6 Å². The van der Waals surface area contributed by atoms with Crippen LogP contribution in [0, 0.1) is 11.3 Å². The molecule has 0 radical (unpaired) electrons. The van der Waals surface area contributed by atoms with Gasteiger partial charge >= 0.3 is 0 Å². The predicted octanol–water partition coefficient (Wildman–Crippen LogP) is -0.139. The molecule has 8 nitrogen and oxygen atoms in total. The topological polar surface area (TPSA) is 140 Å². The molecule has 1 aromatic rings. The maximum absolute atomic E-state index is 11.7. The van der Waals surface area contributed by atoms with Gasteiger partial charge < -0.3 is 15.7 Å². The highest BCUT2D eigenvalue weighted by molar-refractivity contribution is 7.85. The average molecular weight is 311 g/mol. The maximum Gasteiger partial charge on any atom is 0.294 e. The molecule has 0 aliphatic heterocycles. The lowest BCUT2D eigenvalue weighted by atomic mass is 10.2. The van der Waals surface area contributed by atoms with Crippen molar-refractivity contribution >= 4 is 21.7 Å². The average Bonchev–Trinajstić information content (AvgIpc) is 2.43. The number of carbonyl (C=O) groups excluding carboxylic acids is 1.